The second-order valence-corrected chi connectivity index (χ2v) is 9.65. The van der Waals surface area contributed by atoms with Crippen LogP contribution in [0.25, 0.3) is 15.9 Å². The highest BCUT2D eigenvalue weighted by Crippen LogP contribution is 2.33. The largest absolute Gasteiger partial charge is 0.273 e. The van der Waals surface area contributed by atoms with Gasteiger partial charge in [0, 0.05) is 23.8 Å². The number of benzene rings is 2. The van der Waals surface area contributed by atoms with Crippen LogP contribution in [0.2, 0.25) is 0 Å². The van der Waals surface area contributed by atoms with E-state index in [9.17, 15) is 0 Å². The van der Waals surface area contributed by atoms with Gasteiger partial charge in [-0.3, -0.25) is 9.55 Å². The van der Waals surface area contributed by atoms with Crippen LogP contribution in [-0.4, -0.2) is 24.7 Å². The Morgan fingerprint density at radius 1 is 0.833 bits per heavy atom. The smallest absolute Gasteiger partial charge is 0.196 e. The van der Waals surface area contributed by atoms with E-state index in [2.05, 4.69) is 50.1 Å². The van der Waals surface area contributed by atoms with Gasteiger partial charge in [-0.2, -0.15) is 0 Å². The Hall–Kier alpha value is -2.68. The van der Waals surface area contributed by atoms with Gasteiger partial charge in [-0.1, -0.05) is 59.9 Å². The molecule has 0 amide bonds. The summed E-state index contributed by atoms with van der Waals surface area (Å²) in [6, 6.07) is 22.5. The number of hydrogen-bond acceptors (Lipinski definition) is 7. The second kappa shape index (κ2) is 8.99. The summed E-state index contributed by atoms with van der Waals surface area (Å²) < 4.78 is 4.39. The second-order valence-electron chi connectivity index (χ2n) is 6.46. The van der Waals surface area contributed by atoms with Gasteiger partial charge >= 0.3 is 0 Å². The van der Waals surface area contributed by atoms with Crippen LogP contribution in [0.1, 0.15) is 11.4 Å². The summed E-state index contributed by atoms with van der Waals surface area (Å²) in [4.78, 5) is 8.92. The van der Waals surface area contributed by atoms with E-state index >= 15 is 0 Å². The van der Waals surface area contributed by atoms with Crippen LogP contribution in [0.15, 0.2) is 88.6 Å². The number of aromatic nitrogens is 5. The van der Waals surface area contributed by atoms with Crippen molar-refractivity contribution in [2.45, 2.75) is 21.0 Å². The predicted molar refractivity (Wildman–Crippen MR) is 124 cm³/mol. The maximum absolute atomic E-state index is 4.72. The molecule has 0 atom stereocenters. The Balaban J connectivity index is 1.40. The molecule has 0 saturated carbocycles. The minimum absolute atomic E-state index is 0.704. The monoisotopic (exact) mass is 447 g/mol. The molecule has 5 nitrogen and oxygen atoms in total. The van der Waals surface area contributed by atoms with Crippen LogP contribution < -0.4 is 0 Å². The Kier molecular flexibility index (Phi) is 5.78. The Labute approximate surface area is 186 Å². The highest BCUT2D eigenvalue weighted by Gasteiger charge is 2.16. The van der Waals surface area contributed by atoms with Gasteiger partial charge in [-0.15, -0.1) is 21.5 Å². The molecule has 0 aliphatic rings. The van der Waals surface area contributed by atoms with E-state index in [1.54, 1.807) is 41.1 Å². The number of para-hydroxylation sites is 2. The Morgan fingerprint density at radius 3 is 2.53 bits per heavy atom. The van der Waals surface area contributed by atoms with Crippen molar-refractivity contribution < 1.29 is 0 Å². The molecule has 0 unspecified atom stereocenters. The van der Waals surface area contributed by atoms with Gasteiger partial charge in [0.05, 0.1) is 16.0 Å². The summed E-state index contributed by atoms with van der Waals surface area (Å²) in [7, 11) is 0. The molecule has 0 bridgehead atoms. The number of thiazole rings is 1. The van der Waals surface area contributed by atoms with Crippen LogP contribution in [0, 0.1) is 0 Å². The number of hydrogen-bond donors (Lipinski definition) is 0. The van der Waals surface area contributed by atoms with Crippen LogP contribution in [0.3, 0.4) is 0 Å². The summed E-state index contributed by atoms with van der Waals surface area (Å²) in [5.74, 6) is 2.41. The van der Waals surface area contributed by atoms with Crippen LogP contribution in [-0.2, 0) is 11.5 Å². The molecule has 8 heteroatoms. The van der Waals surface area contributed by atoms with E-state index < -0.39 is 0 Å². The van der Waals surface area contributed by atoms with Gasteiger partial charge in [-0.25, -0.2) is 4.98 Å². The molecule has 5 rings (SSSR count). The first-order chi connectivity index (χ1) is 14.9. The summed E-state index contributed by atoms with van der Waals surface area (Å²) >= 11 is 5.08. The van der Waals surface area contributed by atoms with Gasteiger partial charge in [0.25, 0.3) is 0 Å². The molecule has 148 valence electrons. The van der Waals surface area contributed by atoms with E-state index in [0.717, 1.165) is 37.8 Å². The van der Waals surface area contributed by atoms with E-state index in [-0.39, 0.29) is 0 Å². The van der Waals surface area contributed by atoms with Crippen molar-refractivity contribution in [1.29, 1.82) is 0 Å². The maximum Gasteiger partial charge on any atom is 0.196 e. The maximum atomic E-state index is 4.72. The number of rotatable bonds is 7. The van der Waals surface area contributed by atoms with Crippen molar-refractivity contribution in [2.24, 2.45) is 0 Å². The fourth-order valence-corrected chi connectivity index (χ4v) is 5.88. The SMILES string of the molecule is c1ccc(-n2c(CSc3nc4ccccc4s3)nnc2SCc2cccnc2)cc1. The zero-order valence-corrected chi connectivity index (χ0v) is 18.3. The summed E-state index contributed by atoms with van der Waals surface area (Å²) in [5.41, 5.74) is 3.27. The number of pyridine rings is 1. The zero-order chi connectivity index (χ0) is 20.2. The van der Waals surface area contributed by atoms with Gasteiger partial charge in [0.15, 0.2) is 9.50 Å². The first-order valence-electron chi connectivity index (χ1n) is 9.36. The summed E-state index contributed by atoms with van der Waals surface area (Å²) in [5, 5.41) is 9.87. The molecule has 3 aromatic heterocycles. The fourth-order valence-electron chi connectivity index (χ4n) is 2.99. The molecule has 0 aliphatic heterocycles. The molecule has 0 N–H and O–H groups in total. The third kappa shape index (κ3) is 4.26. The van der Waals surface area contributed by atoms with Crippen molar-refractivity contribution in [2.75, 3.05) is 0 Å². The van der Waals surface area contributed by atoms with Crippen LogP contribution >= 0.6 is 34.9 Å². The average Bonchev–Trinajstić information content (AvgIpc) is 3.41. The molecule has 0 aliphatic carbocycles. The number of nitrogens with zero attached hydrogens (tertiary/aromatic N) is 5. The summed E-state index contributed by atoms with van der Waals surface area (Å²) in [6.45, 7) is 0. The lowest BCUT2D eigenvalue weighted by Crippen LogP contribution is -2.01. The van der Waals surface area contributed by atoms with E-state index in [0.29, 0.717) is 5.75 Å². The van der Waals surface area contributed by atoms with Crippen LogP contribution in [0.5, 0.6) is 0 Å². The molecule has 30 heavy (non-hydrogen) atoms. The lowest BCUT2D eigenvalue weighted by atomic mass is 10.3. The topological polar surface area (TPSA) is 56.5 Å². The van der Waals surface area contributed by atoms with Crippen LogP contribution in [0.4, 0.5) is 0 Å². The molecule has 5 aromatic rings. The minimum Gasteiger partial charge on any atom is -0.273 e. The first-order valence-corrected chi connectivity index (χ1v) is 12.2. The van der Waals surface area contributed by atoms with Gasteiger partial charge in [-0.05, 0) is 35.9 Å². The normalized spacial score (nSPS) is 11.2. The average molecular weight is 448 g/mol. The lowest BCUT2D eigenvalue weighted by Gasteiger charge is -2.09. The Morgan fingerprint density at radius 2 is 1.70 bits per heavy atom. The van der Waals surface area contributed by atoms with Crippen molar-refractivity contribution >= 4 is 45.1 Å². The molecule has 0 saturated heterocycles. The predicted octanol–water partition coefficient (Wildman–Crippen LogP) is 5.86. The van der Waals surface area contributed by atoms with Crippen molar-refractivity contribution in [1.82, 2.24) is 24.7 Å². The summed E-state index contributed by atoms with van der Waals surface area (Å²) in [6.07, 6.45) is 3.68. The molecule has 0 spiro atoms. The van der Waals surface area contributed by atoms with Crippen molar-refractivity contribution in [3.05, 3.63) is 90.5 Å². The van der Waals surface area contributed by atoms with Gasteiger partial charge < -0.3 is 0 Å². The standard InChI is InChI=1S/C22H17N5S3/c1-2-8-17(9-3-1)27-20(15-29-22-24-18-10-4-5-11-19(18)30-22)25-26-21(27)28-14-16-7-6-12-23-13-16/h1-13H,14-15H2. The highest BCUT2D eigenvalue weighted by molar-refractivity contribution is 8.00. The molecule has 2 aromatic carbocycles. The Bertz CT molecular complexity index is 1220. The first kappa shape index (κ1) is 19.3. The van der Waals surface area contributed by atoms with E-state index in [1.165, 1.54) is 4.70 Å². The molecular weight excluding hydrogens is 430 g/mol. The third-order valence-electron chi connectivity index (χ3n) is 4.40. The van der Waals surface area contributed by atoms with E-state index in [1.807, 2.05) is 42.6 Å². The van der Waals surface area contributed by atoms with Gasteiger partial charge in [0.1, 0.15) is 5.82 Å². The quantitative estimate of drug-likeness (QED) is 0.291. The van der Waals surface area contributed by atoms with E-state index in [4.69, 9.17) is 4.98 Å². The fraction of sp³-hybridized carbons (Fsp3) is 0.0909. The highest BCUT2D eigenvalue weighted by atomic mass is 32.2. The third-order valence-corrected chi connectivity index (χ3v) is 7.58. The number of fused-ring (bicyclic) bond motifs is 1. The molecule has 3 heterocycles. The zero-order valence-electron chi connectivity index (χ0n) is 15.9. The lowest BCUT2D eigenvalue weighted by molar-refractivity contribution is 0.864. The molecular formula is C22H17N5S3. The molecule has 0 radical (unpaired) electrons. The van der Waals surface area contributed by atoms with Gasteiger partial charge in [0.2, 0.25) is 0 Å². The minimum atomic E-state index is 0.704. The molecule has 0 fully saturated rings. The number of thioether (sulfide) groups is 2. The van der Waals surface area contributed by atoms with Crippen molar-refractivity contribution in [3.8, 4) is 5.69 Å². The van der Waals surface area contributed by atoms with Crippen molar-refractivity contribution in [3.63, 3.8) is 0 Å².